The summed E-state index contributed by atoms with van der Waals surface area (Å²) in [5.74, 6) is -0.241. The maximum atomic E-state index is 11.6. The van der Waals surface area contributed by atoms with Gasteiger partial charge in [-0.2, -0.15) is 0 Å². The molecule has 1 rings (SSSR count). The van der Waals surface area contributed by atoms with Gasteiger partial charge in [-0.3, -0.25) is 4.79 Å². The number of benzene rings is 1. The lowest BCUT2D eigenvalue weighted by atomic mass is 10.1. The second-order valence-corrected chi connectivity index (χ2v) is 6.25. The van der Waals surface area contributed by atoms with Crippen LogP contribution in [0.2, 0.25) is 0 Å². The number of esters is 1. The largest absolute Gasteiger partial charge is 0.463 e. The summed E-state index contributed by atoms with van der Waals surface area (Å²) in [6.07, 6.45) is 0.545. The fourth-order valence-corrected chi connectivity index (χ4v) is 1.82. The van der Waals surface area contributed by atoms with Crippen LogP contribution in [0.4, 0.5) is 4.79 Å². The summed E-state index contributed by atoms with van der Waals surface area (Å²) in [4.78, 5) is 22.9. The van der Waals surface area contributed by atoms with Crippen molar-refractivity contribution >= 4 is 12.1 Å². The van der Waals surface area contributed by atoms with Crippen molar-refractivity contribution in [1.82, 2.24) is 5.32 Å². The monoisotopic (exact) mass is 337 g/mol. The Balaban J connectivity index is 1.96. The van der Waals surface area contributed by atoms with Crippen LogP contribution >= 0.6 is 0 Å². The molecular formula is C18H27NO5. The first kappa shape index (κ1) is 20.0. The van der Waals surface area contributed by atoms with Gasteiger partial charge in [0.15, 0.2) is 0 Å². The Bertz CT molecular complexity index is 496. The first-order valence-corrected chi connectivity index (χ1v) is 8.11. The third kappa shape index (κ3) is 10.6. The summed E-state index contributed by atoms with van der Waals surface area (Å²) in [6.45, 7) is 6.59. The van der Waals surface area contributed by atoms with Crippen molar-refractivity contribution in [3.63, 3.8) is 0 Å². The molecule has 0 saturated carbocycles. The average molecular weight is 337 g/mol. The van der Waals surface area contributed by atoms with E-state index in [0.717, 1.165) is 5.56 Å². The average Bonchev–Trinajstić information content (AvgIpc) is 2.51. The van der Waals surface area contributed by atoms with Gasteiger partial charge in [0.05, 0.1) is 13.2 Å². The first-order valence-electron chi connectivity index (χ1n) is 8.11. The predicted octanol–water partition coefficient (Wildman–Crippen LogP) is 2.70. The van der Waals surface area contributed by atoms with E-state index in [-0.39, 0.29) is 12.6 Å². The molecule has 0 aliphatic heterocycles. The van der Waals surface area contributed by atoms with Gasteiger partial charge < -0.3 is 19.5 Å². The summed E-state index contributed by atoms with van der Waals surface area (Å²) in [5.41, 5.74) is 0.595. The highest BCUT2D eigenvalue weighted by Crippen LogP contribution is 2.06. The lowest BCUT2D eigenvalue weighted by Crippen LogP contribution is -2.34. The highest BCUT2D eigenvalue weighted by molar-refractivity contribution is 5.69. The molecule has 0 heterocycles. The van der Waals surface area contributed by atoms with E-state index in [0.29, 0.717) is 32.6 Å². The van der Waals surface area contributed by atoms with Crippen LogP contribution in [0.15, 0.2) is 30.3 Å². The highest BCUT2D eigenvalue weighted by Gasteiger charge is 2.15. The van der Waals surface area contributed by atoms with Gasteiger partial charge in [0.1, 0.15) is 12.2 Å². The van der Waals surface area contributed by atoms with Crippen molar-refractivity contribution in [3.8, 4) is 0 Å². The van der Waals surface area contributed by atoms with Crippen molar-refractivity contribution in [3.05, 3.63) is 35.9 Å². The fourth-order valence-electron chi connectivity index (χ4n) is 1.82. The van der Waals surface area contributed by atoms with Gasteiger partial charge in [0, 0.05) is 13.0 Å². The molecule has 0 radical (unpaired) electrons. The Morgan fingerprint density at radius 2 is 1.75 bits per heavy atom. The molecule has 1 N–H and O–H groups in total. The highest BCUT2D eigenvalue weighted by atomic mass is 16.6. The van der Waals surface area contributed by atoms with Crippen LogP contribution in [0.5, 0.6) is 0 Å². The lowest BCUT2D eigenvalue weighted by Gasteiger charge is -2.19. The zero-order valence-corrected chi connectivity index (χ0v) is 14.7. The van der Waals surface area contributed by atoms with Crippen LogP contribution in [-0.4, -0.2) is 44.0 Å². The zero-order chi connectivity index (χ0) is 17.8. The molecule has 0 spiro atoms. The fraction of sp³-hybridized carbons (Fsp3) is 0.556. The van der Waals surface area contributed by atoms with Crippen LogP contribution in [0, 0.1) is 0 Å². The van der Waals surface area contributed by atoms with Crippen LogP contribution in [0.25, 0.3) is 0 Å². The first-order chi connectivity index (χ1) is 11.4. The molecule has 0 saturated heterocycles. The van der Waals surface area contributed by atoms with Gasteiger partial charge in [0.25, 0.3) is 0 Å². The molecule has 1 aromatic carbocycles. The topological polar surface area (TPSA) is 73.9 Å². The van der Waals surface area contributed by atoms with Crippen LogP contribution in [-0.2, 0) is 25.4 Å². The molecule has 6 nitrogen and oxygen atoms in total. The van der Waals surface area contributed by atoms with Gasteiger partial charge >= 0.3 is 12.1 Å². The number of nitrogens with one attached hydrogen (secondary N) is 1. The number of hydrogen-bond acceptors (Lipinski definition) is 5. The van der Waals surface area contributed by atoms with Crippen molar-refractivity contribution in [2.75, 3.05) is 26.4 Å². The number of carbonyl (C=O) groups is 2. The zero-order valence-electron chi connectivity index (χ0n) is 14.7. The molecule has 0 aliphatic rings. The quantitative estimate of drug-likeness (QED) is 0.554. The van der Waals surface area contributed by atoms with E-state index in [2.05, 4.69) is 5.32 Å². The summed E-state index contributed by atoms with van der Waals surface area (Å²) in [6, 6.07) is 9.79. The number of rotatable bonds is 9. The Morgan fingerprint density at radius 3 is 2.42 bits per heavy atom. The molecule has 1 aromatic rings. The Kier molecular flexibility index (Phi) is 8.86. The van der Waals surface area contributed by atoms with Crippen molar-refractivity contribution in [2.24, 2.45) is 0 Å². The molecule has 1 amide bonds. The van der Waals surface area contributed by atoms with E-state index < -0.39 is 11.7 Å². The van der Waals surface area contributed by atoms with Crippen LogP contribution in [0.1, 0.15) is 32.8 Å². The second kappa shape index (κ2) is 10.6. The lowest BCUT2D eigenvalue weighted by molar-refractivity contribution is -0.145. The Morgan fingerprint density at radius 1 is 1.04 bits per heavy atom. The summed E-state index contributed by atoms with van der Waals surface area (Å²) >= 11 is 0. The van der Waals surface area contributed by atoms with Crippen molar-refractivity contribution < 1.29 is 23.8 Å². The summed E-state index contributed by atoms with van der Waals surface area (Å²) < 4.78 is 15.4. The van der Waals surface area contributed by atoms with Gasteiger partial charge in [-0.1, -0.05) is 30.3 Å². The Labute approximate surface area is 143 Å². The molecule has 6 heteroatoms. The number of hydrogen-bond donors (Lipinski definition) is 1. The van der Waals surface area contributed by atoms with Gasteiger partial charge in [-0.15, -0.1) is 0 Å². The van der Waals surface area contributed by atoms with E-state index in [9.17, 15) is 9.59 Å². The number of ether oxygens (including phenoxy) is 3. The van der Waals surface area contributed by atoms with Gasteiger partial charge in [0.2, 0.25) is 0 Å². The summed E-state index contributed by atoms with van der Waals surface area (Å²) in [5, 5.41) is 2.58. The number of alkyl carbamates (subject to hydrolysis) is 1. The minimum atomic E-state index is -0.515. The normalized spacial score (nSPS) is 11.0. The predicted molar refractivity (Wildman–Crippen MR) is 90.8 cm³/mol. The molecule has 0 fully saturated rings. The molecule has 0 unspecified atom stereocenters. The van der Waals surface area contributed by atoms with Gasteiger partial charge in [-0.05, 0) is 32.8 Å². The third-order valence-corrected chi connectivity index (χ3v) is 2.87. The number of carbonyl (C=O) groups excluding carboxylic acids is 2. The third-order valence-electron chi connectivity index (χ3n) is 2.87. The number of amides is 1. The molecule has 0 bridgehead atoms. The summed E-state index contributed by atoms with van der Waals surface area (Å²) in [7, 11) is 0. The van der Waals surface area contributed by atoms with E-state index in [1.54, 1.807) is 20.8 Å². The SMILES string of the molecule is CC(C)(C)OC(=O)NCCOCCOC(=O)CCc1ccccc1. The smallest absolute Gasteiger partial charge is 0.407 e. The minimum Gasteiger partial charge on any atom is -0.463 e. The Hall–Kier alpha value is -2.08. The molecule has 0 atom stereocenters. The molecular weight excluding hydrogens is 310 g/mol. The van der Waals surface area contributed by atoms with Crippen molar-refractivity contribution in [2.45, 2.75) is 39.2 Å². The maximum absolute atomic E-state index is 11.6. The van der Waals surface area contributed by atoms with E-state index in [4.69, 9.17) is 14.2 Å². The minimum absolute atomic E-state index is 0.208. The van der Waals surface area contributed by atoms with Crippen LogP contribution < -0.4 is 5.32 Å². The standard InChI is InChI=1S/C18H27NO5/c1-18(2,3)24-17(21)19-11-12-22-13-14-23-16(20)10-9-15-7-5-4-6-8-15/h4-8H,9-14H2,1-3H3,(H,19,21). The van der Waals surface area contributed by atoms with E-state index in [1.165, 1.54) is 0 Å². The van der Waals surface area contributed by atoms with E-state index >= 15 is 0 Å². The number of aryl methyl sites for hydroxylation is 1. The van der Waals surface area contributed by atoms with Crippen molar-refractivity contribution in [1.29, 1.82) is 0 Å². The van der Waals surface area contributed by atoms with Crippen LogP contribution in [0.3, 0.4) is 0 Å². The second-order valence-electron chi connectivity index (χ2n) is 6.25. The molecule has 0 aromatic heterocycles. The van der Waals surface area contributed by atoms with Gasteiger partial charge in [-0.25, -0.2) is 4.79 Å². The maximum Gasteiger partial charge on any atom is 0.407 e. The van der Waals surface area contributed by atoms with E-state index in [1.807, 2.05) is 30.3 Å². The molecule has 134 valence electrons. The molecule has 0 aliphatic carbocycles. The molecule has 24 heavy (non-hydrogen) atoms.